The van der Waals surface area contributed by atoms with Crippen molar-refractivity contribution in [1.29, 1.82) is 0 Å². The predicted molar refractivity (Wildman–Crippen MR) is 112 cm³/mol. The van der Waals surface area contributed by atoms with E-state index in [0.717, 1.165) is 17.3 Å². The van der Waals surface area contributed by atoms with Gasteiger partial charge in [-0.2, -0.15) is 15.1 Å². The minimum Gasteiger partial charge on any atom is -0.368 e. The molecule has 0 aliphatic heterocycles. The summed E-state index contributed by atoms with van der Waals surface area (Å²) in [7, 11) is 0. The normalized spacial score (nSPS) is 11.8. The highest BCUT2D eigenvalue weighted by Gasteiger charge is 2.14. The summed E-state index contributed by atoms with van der Waals surface area (Å²) in [6.07, 6.45) is 0. The Kier molecular flexibility index (Phi) is 5.25. The van der Waals surface area contributed by atoms with E-state index in [1.807, 2.05) is 36.4 Å². The summed E-state index contributed by atoms with van der Waals surface area (Å²) in [5, 5.41) is 13.3. The van der Waals surface area contributed by atoms with E-state index in [-0.39, 0.29) is 5.95 Å². The van der Waals surface area contributed by atoms with Crippen LogP contribution in [0.15, 0.2) is 60.7 Å². The number of anilines is 4. The van der Waals surface area contributed by atoms with Crippen LogP contribution in [0.1, 0.15) is 18.5 Å². The summed E-state index contributed by atoms with van der Waals surface area (Å²) in [5.74, 6) is 0.127. The van der Waals surface area contributed by atoms with Crippen LogP contribution in [0.2, 0.25) is 0 Å². The molecule has 2 aromatic carbocycles. The molecule has 0 radical (unpaired) electrons. The lowest BCUT2D eigenvalue weighted by Crippen LogP contribution is -2.12. The van der Waals surface area contributed by atoms with Gasteiger partial charge in [0.25, 0.3) is 0 Å². The first kappa shape index (κ1) is 19.3. The van der Waals surface area contributed by atoms with E-state index >= 15 is 0 Å². The Morgan fingerprint density at radius 3 is 2.47 bits per heavy atom. The molecule has 0 saturated heterocycles. The SMILES string of the molecule is CC(Nc1cc(Nc2cc(-c3ccccc3)[nH]n2)nc(N)n1)c1ccc(F)cc1F. The Morgan fingerprint density at radius 1 is 0.933 bits per heavy atom. The van der Waals surface area contributed by atoms with Gasteiger partial charge in [-0.15, -0.1) is 0 Å². The van der Waals surface area contributed by atoms with Gasteiger partial charge in [-0.1, -0.05) is 36.4 Å². The highest BCUT2D eigenvalue weighted by Crippen LogP contribution is 2.25. The van der Waals surface area contributed by atoms with Gasteiger partial charge in [0.2, 0.25) is 5.95 Å². The van der Waals surface area contributed by atoms with Crippen LogP contribution < -0.4 is 16.4 Å². The van der Waals surface area contributed by atoms with Gasteiger partial charge in [-0.05, 0) is 18.6 Å². The van der Waals surface area contributed by atoms with Gasteiger partial charge >= 0.3 is 0 Å². The first-order valence-corrected chi connectivity index (χ1v) is 9.22. The number of aromatic amines is 1. The van der Waals surface area contributed by atoms with E-state index in [4.69, 9.17) is 5.73 Å². The van der Waals surface area contributed by atoms with Crippen LogP contribution in [-0.2, 0) is 0 Å². The molecule has 2 heterocycles. The Morgan fingerprint density at radius 2 is 1.70 bits per heavy atom. The topological polar surface area (TPSA) is 105 Å². The van der Waals surface area contributed by atoms with E-state index in [1.165, 1.54) is 12.1 Å². The van der Waals surface area contributed by atoms with Crippen molar-refractivity contribution >= 4 is 23.4 Å². The molecule has 4 rings (SSSR count). The molecule has 30 heavy (non-hydrogen) atoms. The largest absolute Gasteiger partial charge is 0.368 e. The fourth-order valence-corrected chi connectivity index (χ4v) is 3.04. The molecule has 1 unspecified atom stereocenters. The Labute approximate surface area is 171 Å². The van der Waals surface area contributed by atoms with E-state index in [1.54, 1.807) is 13.0 Å². The van der Waals surface area contributed by atoms with E-state index < -0.39 is 17.7 Å². The second kappa shape index (κ2) is 8.16. The molecule has 0 amide bonds. The van der Waals surface area contributed by atoms with Crippen LogP contribution in [0.5, 0.6) is 0 Å². The summed E-state index contributed by atoms with van der Waals surface area (Å²) in [5.41, 5.74) is 7.97. The molecule has 0 aliphatic rings. The van der Waals surface area contributed by atoms with Crippen molar-refractivity contribution < 1.29 is 8.78 Å². The predicted octanol–water partition coefficient (Wildman–Crippen LogP) is 4.64. The number of H-pyrrole nitrogens is 1. The third kappa shape index (κ3) is 4.35. The zero-order valence-corrected chi connectivity index (χ0v) is 16.0. The third-order valence-corrected chi connectivity index (χ3v) is 4.46. The van der Waals surface area contributed by atoms with Crippen molar-refractivity contribution in [2.24, 2.45) is 0 Å². The fourth-order valence-electron chi connectivity index (χ4n) is 3.04. The molecule has 152 valence electrons. The van der Waals surface area contributed by atoms with Gasteiger partial charge in [0.1, 0.15) is 23.3 Å². The van der Waals surface area contributed by atoms with Crippen molar-refractivity contribution in [3.63, 3.8) is 0 Å². The molecule has 9 heteroatoms. The second-order valence-corrected chi connectivity index (χ2v) is 6.69. The number of halogens is 2. The second-order valence-electron chi connectivity index (χ2n) is 6.69. The monoisotopic (exact) mass is 407 g/mol. The number of nitrogen functional groups attached to an aromatic ring is 1. The van der Waals surface area contributed by atoms with E-state index in [2.05, 4.69) is 30.8 Å². The fraction of sp³-hybridized carbons (Fsp3) is 0.0952. The minimum atomic E-state index is -0.639. The molecule has 7 nitrogen and oxygen atoms in total. The molecular formula is C21H19F2N7. The van der Waals surface area contributed by atoms with Gasteiger partial charge in [-0.25, -0.2) is 8.78 Å². The Balaban J connectivity index is 1.51. The van der Waals surface area contributed by atoms with Crippen LogP contribution >= 0.6 is 0 Å². The Hall–Kier alpha value is -4.01. The zero-order valence-electron chi connectivity index (χ0n) is 16.0. The lowest BCUT2D eigenvalue weighted by molar-refractivity contribution is 0.566. The lowest BCUT2D eigenvalue weighted by Gasteiger charge is -2.16. The molecule has 1 atom stereocenters. The number of nitrogens with one attached hydrogen (secondary N) is 3. The highest BCUT2D eigenvalue weighted by molar-refractivity contribution is 5.66. The van der Waals surface area contributed by atoms with Gasteiger partial charge in [0, 0.05) is 23.8 Å². The van der Waals surface area contributed by atoms with Crippen molar-refractivity contribution in [1.82, 2.24) is 20.2 Å². The number of benzene rings is 2. The maximum absolute atomic E-state index is 14.0. The number of hydrogen-bond acceptors (Lipinski definition) is 6. The third-order valence-electron chi connectivity index (χ3n) is 4.46. The van der Waals surface area contributed by atoms with Crippen molar-refractivity contribution in [2.45, 2.75) is 13.0 Å². The summed E-state index contributed by atoms with van der Waals surface area (Å²) < 4.78 is 27.2. The first-order valence-electron chi connectivity index (χ1n) is 9.22. The van der Waals surface area contributed by atoms with Gasteiger partial charge < -0.3 is 16.4 Å². The number of hydrogen-bond donors (Lipinski definition) is 4. The average molecular weight is 407 g/mol. The molecule has 2 aromatic heterocycles. The molecule has 0 fully saturated rings. The quantitative estimate of drug-likeness (QED) is 0.371. The number of rotatable bonds is 6. The maximum Gasteiger partial charge on any atom is 0.223 e. The molecule has 0 bridgehead atoms. The molecule has 4 aromatic rings. The van der Waals surface area contributed by atoms with Gasteiger partial charge in [0.15, 0.2) is 5.82 Å². The standard InChI is InChI=1S/C21H19F2N7/c1-12(15-8-7-14(22)9-16(15)23)25-18-11-19(28-21(24)27-18)26-20-10-17(29-30-20)13-5-3-2-4-6-13/h2-12H,1H3,(H5,24,25,26,27,28,29,30). The van der Waals surface area contributed by atoms with Gasteiger partial charge in [-0.3, -0.25) is 5.10 Å². The molecule has 5 N–H and O–H groups in total. The van der Waals surface area contributed by atoms with E-state index in [0.29, 0.717) is 23.0 Å². The summed E-state index contributed by atoms with van der Waals surface area (Å²) in [6, 6.07) is 16.2. The lowest BCUT2D eigenvalue weighted by atomic mass is 10.1. The maximum atomic E-state index is 14.0. The smallest absolute Gasteiger partial charge is 0.223 e. The number of nitrogens with zero attached hydrogens (tertiary/aromatic N) is 3. The summed E-state index contributed by atoms with van der Waals surface area (Å²) >= 11 is 0. The summed E-state index contributed by atoms with van der Waals surface area (Å²) in [6.45, 7) is 1.74. The first-order chi connectivity index (χ1) is 14.5. The van der Waals surface area contributed by atoms with Crippen LogP contribution in [0.4, 0.5) is 32.2 Å². The highest BCUT2D eigenvalue weighted by atomic mass is 19.1. The molecule has 0 spiro atoms. The van der Waals surface area contributed by atoms with Crippen molar-refractivity contribution in [3.8, 4) is 11.3 Å². The average Bonchev–Trinajstić information content (AvgIpc) is 3.16. The van der Waals surface area contributed by atoms with Crippen LogP contribution in [0.3, 0.4) is 0 Å². The number of aromatic nitrogens is 4. The van der Waals surface area contributed by atoms with Crippen LogP contribution in [0, 0.1) is 11.6 Å². The van der Waals surface area contributed by atoms with Crippen LogP contribution in [0.25, 0.3) is 11.3 Å². The number of nitrogens with two attached hydrogens (primary N) is 1. The zero-order chi connectivity index (χ0) is 21.1. The Bertz CT molecular complexity index is 1160. The van der Waals surface area contributed by atoms with Crippen molar-refractivity contribution in [3.05, 3.63) is 77.9 Å². The van der Waals surface area contributed by atoms with Crippen LogP contribution in [-0.4, -0.2) is 20.2 Å². The summed E-state index contributed by atoms with van der Waals surface area (Å²) in [4.78, 5) is 8.29. The molecule has 0 saturated carbocycles. The molecular weight excluding hydrogens is 388 g/mol. The van der Waals surface area contributed by atoms with Gasteiger partial charge in [0.05, 0.1) is 11.7 Å². The minimum absolute atomic E-state index is 0.0353. The van der Waals surface area contributed by atoms with Crippen molar-refractivity contribution in [2.75, 3.05) is 16.4 Å². The molecule has 0 aliphatic carbocycles. The van der Waals surface area contributed by atoms with E-state index in [9.17, 15) is 8.78 Å².